The number of pyridine rings is 1. The lowest BCUT2D eigenvalue weighted by Crippen LogP contribution is -2.18. The highest BCUT2D eigenvalue weighted by Crippen LogP contribution is 2.37. The number of carbonyl (C=O) groups is 1. The molecule has 1 amide bonds. The maximum Gasteiger partial charge on any atom is 0.272 e. The van der Waals surface area contributed by atoms with Crippen LogP contribution in [0.25, 0.3) is 22.2 Å². The first-order valence-corrected chi connectivity index (χ1v) is 13.4. The number of nitrogens with one attached hydrogen (secondary N) is 1. The predicted octanol–water partition coefficient (Wildman–Crippen LogP) is 7.95. The van der Waals surface area contributed by atoms with Crippen molar-refractivity contribution < 1.29 is 14.3 Å². The van der Waals surface area contributed by atoms with E-state index in [1.54, 1.807) is 24.3 Å². The van der Waals surface area contributed by atoms with E-state index in [4.69, 9.17) is 37.7 Å². The van der Waals surface area contributed by atoms with Crippen LogP contribution in [-0.2, 0) is 6.61 Å². The van der Waals surface area contributed by atoms with Crippen molar-refractivity contribution in [3.8, 4) is 22.8 Å². The largest absolute Gasteiger partial charge is 0.490 e. The van der Waals surface area contributed by atoms with Crippen molar-refractivity contribution >= 4 is 46.2 Å². The molecule has 0 saturated carbocycles. The number of benzene rings is 4. The normalized spacial score (nSPS) is 11.1. The number of aromatic nitrogens is 1. The van der Waals surface area contributed by atoms with E-state index in [2.05, 4.69) is 10.5 Å². The first-order valence-electron chi connectivity index (χ1n) is 12.6. The molecule has 0 aliphatic rings. The van der Waals surface area contributed by atoms with Crippen LogP contribution in [0.2, 0.25) is 10.0 Å². The average Bonchev–Trinajstić information content (AvgIpc) is 2.97. The number of amides is 1. The summed E-state index contributed by atoms with van der Waals surface area (Å²) >= 11 is 12.6. The molecule has 0 spiro atoms. The first-order chi connectivity index (χ1) is 19.5. The molecule has 5 rings (SSSR count). The smallest absolute Gasteiger partial charge is 0.272 e. The number of fused-ring (bicyclic) bond motifs is 1. The summed E-state index contributed by atoms with van der Waals surface area (Å²) in [5, 5.41) is 5.90. The van der Waals surface area contributed by atoms with Gasteiger partial charge in [-0.3, -0.25) is 4.79 Å². The molecule has 0 fully saturated rings. The molecular weight excluding hydrogens is 545 g/mol. The predicted molar refractivity (Wildman–Crippen MR) is 161 cm³/mol. The summed E-state index contributed by atoms with van der Waals surface area (Å²) in [6.07, 6.45) is 1.51. The number of ether oxygens (including phenoxy) is 2. The summed E-state index contributed by atoms with van der Waals surface area (Å²) in [4.78, 5) is 18.0. The van der Waals surface area contributed by atoms with Crippen LogP contribution in [0.3, 0.4) is 0 Å². The summed E-state index contributed by atoms with van der Waals surface area (Å²) in [5.41, 5.74) is 6.98. The van der Waals surface area contributed by atoms with Crippen LogP contribution in [0.1, 0.15) is 28.4 Å². The van der Waals surface area contributed by atoms with Gasteiger partial charge in [0.15, 0.2) is 11.5 Å². The molecule has 4 aromatic carbocycles. The summed E-state index contributed by atoms with van der Waals surface area (Å²) < 4.78 is 11.7. The van der Waals surface area contributed by atoms with Gasteiger partial charge in [-0.05, 0) is 54.4 Å². The summed E-state index contributed by atoms with van der Waals surface area (Å²) in [5.74, 6) is 0.531. The summed E-state index contributed by atoms with van der Waals surface area (Å²) in [6.45, 7) is 2.56. The van der Waals surface area contributed by atoms with Crippen molar-refractivity contribution in [1.29, 1.82) is 0 Å². The number of hydrogen-bond acceptors (Lipinski definition) is 5. The lowest BCUT2D eigenvalue weighted by Gasteiger charge is -2.14. The van der Waals surface area contributed by atoms with Crippen LogP contribution < -0.4 is 14.9 Å². The third-order valence-corrected chi connectivity index (χ3v) is 6.53. The molecule has 0 bridgehead atoms. The molecule has 0 radical (unpaired) electrons. The Morgan fingerprint density at radius 1 is 0.925 bits per heavy atom. The molecule has 1 heterocycles. The van der Waals surface area contributed by atoms with E-state index >= 15 is 0 Å². The van der Waals surface area contributed by atoms with Crippen LogP contribution >= 0.6 is 23.2 Å². The van der Waals surface area contributed by atoms with Gasteiger partial charge in [0.2, 0.25) is 0 Å². The number of carbonyl (C=O) groups excluding carboxylic acids is 1. The van der Waals surface area contributed by atoms with Gasteiger partial charge in [-0.25, -0.2) is 10.4 Å². The Balaban J connectivity index is 1.36. The Bertz CT molecular complexity index is 1690. The van der Waals surface area contributed by atoms with Gasteiger partial charge < -0.3 is 9.47 Å². The number of nitrogens with zero attached hydrogens (tertiary/aromatic N) is 2. The SMILES string of the molecule is CCOc1cc(/C=N\NC(=O)c2cc(-c3ccccc3)nc3ccccc23)cc(Cl)c1OCc1cccc(Cl)c1. The molecule has 8 heteroatoms. The van der Waals surface area contributed by atoms with Gasteiger partial charge in [0.25, 0.3) is 5.91 Å². The highest BCUT2D eigenvalue weighted by Gasteiger charge is 2.15. The highest BCUT2D eigenvalue weighted by molar-refractivity contribution is 6.32. The molecule has 6 nitrogen and oxygen atoms in total. The van der Waals surface area contributed by atoms with Crippen LogP contribution in [-0.4, -0.2) is 23.7 Å². The molecule has 1 aromatic heterocycles. The lowest BCUT2D eigenvalue weighted by atomic mass is 10.0. The van der Waals surface area contributed by atoms with E-state index in [0.29, 0.717) is 45.0 Å². The Hall–Kier alpha value is -4.39. The summed E-state index contributed by atoms with van der Waals surface area (Å²) in [7, 11) is 0. The van der Waals surface area contributed by atoms with Crippen LogP contribution in [0.5, 0.6) is 11.5 Å². The van der Waals surface area contributed by atoms with Crippen LogP contribution in [0, 0.1) is 0 Å². The Morgan fingerprint density at radius 3 is 2.52 bits per heavy atom. The summed E-state index contributed by atoms with van der Waals surface area (Å²) in [6, 6.07) is 29.9. The van der Waals surface area contributed by atoms with Crippen LogP contribution in [0.4, 0.5) is 0 Å². The second-order valence-corrected chi connectivity index (χ2v) is 9.66. The number of halogens is 2. The lowest BCUT2D eigenvalue weighted by molar-refractivity contribution is 0.0956. The second-order valence-electron chi connectivity index (χ2n) is 8.82. The van der Waals surface area contributed by atoms with Crippen LogP contribution in [0.15, 0.2) is 102 Å². The Morgan fingerprint density at radius 2 is 1.73 bits per heavy atom. The number of para-hydroxylation sites is 1. The first kappa shape index (κ1) is 27.2. The standard InChI is InChI=1S/C32H25Cl2N3O3/c1-2-39-30-17-22(16-27(34)31(30)40-20-21-9-8-12-24(33)15-21)19-35-37-32(38)26-18-29(23-10-4-3-5-11-23)36-28-14-7-6-13-25(26)28/h3-19H,2,20H2,1H3,(H,37,38)/b35-19-. The Labute approximate surface area is 242 Å². The molecule has 40 heavy (non-hydrogen) atoms. The number of rotatable bonds is 9. The van der Waals surface area contributed by atoms with Gasteiger partial charge in [0.05, 0.1) is 34.6 Å². The van der Waals surface area contributed by atoms with Gasteiger partial charge >= 0.3 is 0 Å². The highest BCUT2D eigenvalue weighted by atomic mass is 35.5. The zero-order chi connectivity index (χ0) is 27.9. The average molecular weight is 570 g/mol. The molecule has 0 atom stereocenters. The minimum atomic E-state index is -0.357. The maximum absolute atomic E-state index is 13.2. The molecule has 200 valence electrons. The van der Waals surface area contributed by atoms with Crippen molar-refractivity contribution in [1.82, 2.24) is 10.4 Å². The van der Waals surface area contributed by atoms with E-state index in [0.717, 1.165) is 22.0 Å². The number of hydrazone groups is 1. The maximum atomic E-state index is 13.2. The van der Waals surface area contributed by atoms with Crippen molar-refractivity contribution in [2.45, 2.75) is 13.5 Å². The van der Waals surface area contributed by atoms with E-state index < -0.39 is 0 Å². The van der Waals surface area contributed by atoms with E-state index in [-0.39, 0.29) is 12.5 Å². The topological polar surface area (TPSA) is 72.8 Å². The fourth-order valence-electron chi connectivity index (χ4n) is 4.19. The van der Waals surface area contributed by atoms with Gasteiger partial charge in [0.1, 0.15) is 6.61 Å². The minimum Gasteiger partial charge on any atom is -0.490 e. The van der Waals surface area contributed by atoms with Crippen molar-refractivity contribution in [2.75, 3.05) is 6.61 Å². The van der Waals surface area contributed by atoms with Crippen molar-refractivity contribution in [2.24, 2.45) is 5.10 Å². The quantitative estimate of drug-likeness (QED) is 0.144. The van der Waals surface area contributed by atoms with E-state index in [1.807, 2.05) is 79.7 Å². The molecule has 1 N–H and O–H groups in total. The fraction of sp³-hybridized carbons (Fsp3) is 0.0938. The third-order valence-electron chi connectivity index (χ3n) is 6.01. The van der Waals surface area contributed by atoms with Gasteiger partial charge in [-0.2, -0.15) is 5.10 Å². The van der Waals surface area contributed by atoms with E-state index in [1.165, 1.54) is 6.21 Å². The molecule has 0 saturated heterocycles. The zero-order valence-electron chi connectivity index (χ0n) is 21.6. The van der Waals surface area contributed by atoms with Crippen molar-refractivity contribution in [3.63, 3.8) is 0 Å². The van der Waals surface area contributed by atoms with Crippen molar-refractivity contribution in [3.05, 3.63) is 124 Å². The van der Waals surface area contributed by atoms with Gasteiger partial charge in [0, 0.05) is 16.0 Å². The molecule has 5 aromatic rings. The molecule has 0 aliphatic heterocycles. The monoisotopic (exact) mass is 569 g/mol. The molecule has 0 aliphatic carbocycles. The minimum absolute atomic E-state index is 0.273. The second kappa shape index (κ2) is 12.6. The fourth-order valence-corrected chi connectivity index (χ4v) is 4.68. The number of hydrogen-bond donors (Lipinski definition) is 1. The Kier molecular flexibility index (Phi) is 8.59. The van der Waals surface area contributed by atoms with Gasteiger partial charge in [-0.15, -0.1) is 0 Å². The molecule has 0 unspecified atom stereocenters. The van der Waals surface area contributed by atoms with Gasteiger partial charge in [-0.1, -0.05) is 83.9 Å². The third kappa shape index (κ3) is 6.42. The zero-order valence-corrected chi connectivity index (χ0v) is 23.1. The molecular formula is C32H25Cl2N3O3. The van der Waals surface area contributed by atoms with E-state index in [9.17, 15) is 4.79 Å².